The second-order valence-electron chi connectivity index (χ2n) is 4.37. The molecule has 2 aromatic carbocycles. The van der Waals surface area contributed by atoms with Gasteiger partial charge in [-0.1, -0.05) is 15.9 Å². The summed E-state index contributed by atoms with van der Waals surface area (Å²) in [5.41, 5.74) is 6.68. The minimum absolute atomic E-state index is 0.150. The van der Waals surface area contributed by atoms with E-state index in [1.165, 1.54) is 12.1 Å². The molecule has 0 aliphatic carbocycles. The molecule has 0 radical (unpaired) electrons. The average molecular weight is 353 g/mol. The van der Waals surface area contributed by atoms with Gasteiger partial charge in [0.25, 0.3) is 5.91 Å². The lowest BCUT2D eigenvalue weighted by Gasteiger charge is -2.09. The van der Waals surface area contributed by atoms with Crippen molar-refractivity contribution in [3.05, 3.63) is 58.3 Å². The third-order valence-corrected chi connectivity index (χ3v) is 3.50. The van der Waals surface area contributed by atoms with Gasteiger partial charge in [0.05, 0.1) is 0 Å². The minimum Gasteiger partial charge on any atom is -0.484 e. The van der Waals surface area contributed by atoms with Crippen LogP contribution in [0.3, 0.4) is 0 Å². The third kappa shape index (κ3) is 4.75. The van der Waals surface area contributed by atoms with Crippen molar-refractivity contribution in [2.45, 2.75) is 6.54 Å². The monoisotopic (exact) mass is 352 g/mol. The second-order valence-corrected chi connectivity index (χ2v) is 5.22. The number of hydrogen-bond acceptors (Lipinski definition) is 3. The normalized spacial score (nSPS) is 10.2. The molecule has 0 aliphatic heterocycles. The Kier molecular flexibility index (Phi) is 5.16. The Hall–Kier alpha value is -2.08. The van der Waals surface area contributed by atoms with Gasteiger partial charge in [0.15, 0.2) is 6.61 Å². The van der Waals surface area contributed by atoms with Crippen molar-refractivity contribution in [2.24, 2.45) is 5.73 Å². The van der Waals surface area contributed by atoms with E-state index in [1.54, 1.807) is 18.2 Å². The molecule has 0 saturated heterocycles. The molecule has 1 amide bonds. The zero-order valence-electron chi connectivity index (χ0n) is 11.1. The van der Waals surface area contributed by atoms with E-state index in [0.29, 0.717) is 12.3 Å². The largest absolute Gasteiger partial charge is 0.484 e. The molecular formula is C15H14BrFN2O2. The maximum Gasteiger partial charge on any atom is 0.255 e. The van der Waals surface area contributed by atoms with Crippen LogP contribution in [0.25, 0.3) is 0 Å². The molecule has 2 rings (SSSR count). The first-order valence-electron chi connectivity index (χ1n) is 6.23. The van der Waals surface area contributed by atoms with Crippen LogP contribution in [-0.2, 0) is 11.3 Å². The number of ether oxygens (including phenoxy) is 1. The molecule has 0 saturated carbocycles. The van der Waals surface area contributed by atoms with Crippen LogP contribution < -0.4 is 15.8 Å². The fourth-order valence-electron chi connectivity index (χ4n) is 1.70. The Balaban J connectivity index is 1.94. The lowest BCUT2D eigenvalue weighted by molar-refractivity contribution is -0.119. The summed E-state index contributed by atoms with van der Waals surface area (Å²) in [5.74, 6) is -0.232. The number of nitrogens with two attached hydrogens (primary N) is 1. The van der Waals surface area contributed by atoms with Crippen molar-refractivity contribution < 1.29 is 13.9 Å². The predicted molar refractivity (Wildman–Crippen MR) is 82.6 cm³/mol. The van der Waals surface area contributed by atoms with E-state index in [2.05, 4.69) is 21.2 Å². The lowest BCUT2D eigenvalue weighted by Crippen LogP contribution is -2.19. The zero-order chi connectivity index (χ0) is 15.2. The summed E-state index contributed by atoms with van der Waals surface area (Å²) in [4.78, 5) is 10.6. The first-order valence-corrected chi connectivity index (χ1v) is 7.03. The Morgan fingerprint density at radius 1 is 1.24 bits per heavy atom. The molecular weight excluding hydrogens is 339 g/mol. The van der Waals surface area contributed by atoms with Gasteiger partial charge in [0.1, 0.15) is 11.6 Å². The molecule has 2 aromatic rings. The molecule has 21 heavy (non-hydrogen) atoms. The van der Waals surface area contributed by atoms with Crippen LogP contribution in [-0.4, -0.2) is 12.5 Å². The molecule has 3 N–H and O–H groups in total. The number of hydrogen-bond donors (Lipinski definition) is 2. The summed E-state index contributed by atoms with van der Waals surface area (Å²) in [7, 11) is 0. The van der Waals surface area contributed by atoms with Crippen LogP contribution in [0.2, 0.25) is 0 Å². The van der Waals surface area contributed by atoms with Crippen LogP contribution in [0.1, 0.15) is 5.56 Å². The maximum absolute atomic E-state index is 13.2. The van der Waals surface area contributed by atoms with Crippen molar-refractivity contribution in [1.29, 1.82) is 0 Å². The molecule has 0 atom stereocenters. The number of primary amides is 1. The van der Waals surface area contributed by atoms with E-state index in [0.717, 1.165) is 15.7 Å². The van der Waals surface area contributed by atoms with E-state index in [4.69, 9.17) is 10.5 Å². The molecule has 0 spiro atoms. The van der Waals surface area contributed by atoms with Gasteiger partial charge in [0.2, 0.25) is 0 Å². The van der Waals surface area contributed by atoms with E-state index in [-0.39, 0.29) is 12.4 Å². The van der Waals surface area contributed by atoms with Crippen molar-refractivity contribution in [2.75, 3.05) is 11.9 Å². The van der Waals surface area contributed by atoms with Gasteiger partial charge in [-0.3, -0.25) is 4.79 Å². The fourth-order valence-corrected chi connectivity index (χ4v) is 2.09. The van der Waals surface area contributed by atoms with Gasteiger partial charge in [-0.25, -0.2) is 4.39 Å². The molecule has 0 bridgehead atoms. The Morgan fingerprint density at radius 3 is 2.62 bits per heavy atom. The van der Waals surface area contributed by atoms with Gasteiger partial charge in [-0.15, -0.1) is 0 Å². The smallest absolute Gasteiger partial charge is 0.255 e. The molecule has 0 heterocycles. The topological polar surface area (TPSA) is 64.4 Å². The van der Waals surface area contributed by atoms with Gasteiger partial charge >= 0.3 is 0 Å². The number of rotatable bonds is 6. The number of carbonyl (C=O) groups is 1. The molecule has 0 aromatic heterocycles. The van der Waals surface area contributed by atoms with Crippen LogP contribution in [0, 0.1) is 5.82 Å². The summed E-state index contributed by atoms with van der Waals surface area (Å²) in [6, 6.07) is 11.6. The number of amides is 1. The van der Waals surface area contributed by atoms with Gasteiger partial charge in [-0.2, -0.15) is 0 Å². The van der Waals surface area contributed by atoms with E-state index >= 15 is 0 Å². The predicted octanol–water partition coefficient (Wildman–Crippen LogP) is 3.06. The van der Waals surface area contributed by atoms with Gasteiger partial charge in [-0.05, 0) is 48.0 Å². The number of nitrogens with one attached hydrogen (secondary N) is 1. The number of carbonyl (C=O) groups excluding carboxylic acids is 1. The summed E-state index contributed by atoms with van der Waals surface area (Å²) in [5, 5.41) is 3.18. The minimum atomic E-state index is -0.520. The average Bonchev–Trinajstić information content (AvgIpc) is 2.47. The van der Waals surface area contributed by atoms with Crippen LogP contribution in [0.5, 0.6) is 5.75 Å². The van der Waals surface area contributed by atoms with Crippen molar-refractivity contribution in [3.8, 4) is 5.75 Å². The van der Waals surface area contributed by atoms with Gasteiger partial charge < -0.3 is 15.8 Å². The Bertz CT molecular complexity index is 632. The SMILES string of the molecule is NC(=O)COc1ccc(NCc2cc(F)ccc2Br)cc1. The number of halogens is 2. The van der Waals surface area contributed by atoms with Crippen LogP contribution in [0.15, 0.2) is 46.9 Å². The van der Waals surface area contributed by atoms with Crippen molar-refractivity contribution in [1.82, 2.24) is 0 Å². The van der Waals surface area contributed by atoms with Crippen molar-refractivity contribution >= 4 is 27.5 Å². The number of benzene rings is 2. The molecule has 0 fully saturated rings. The highest BCUT2D eigenvalue weighted by Gasteiger charge is 2.02. The van der Waals surface area contributed by atoms with Gasteiger partial charge in [0, 0.05) is 16.7 Å². The summed E-state index contributed by atoms with van der Waals surface area (Å²) in [6.45, 7) is 0.336. The van der Waals surface area contributed by atoms with E-state index in [1.807, 2.05) is 12.1 Å². The highest BCUT2D eigenvalue weighted by molar-refractivity contribution is 9.10. The standard InChI is InChI=1S/C15H14BrFN2O2/c16-14-6-1-11(17)7-10(14)8-19-12-2-4-13(5-3-12)21-9-15(18)20/h1-7,19H,8-9H2,(H2,18,20). The van der Waals surface area contributed by atoms with E-state index < -0.39 is 5.91 Å². The number of anilines is 1. The first kappa shape index (κ1) is 15.3. The summed E-state index contributed by atoms with van der Waals surface area (Å²) < 4.78 is 19.2. The Morgan fingerprint density at radius 2 is 1.95 bits per heavy atom. The fraction of sp³-hybridized carbons (Fsp3) is 0.133. The summed E-state index contributed by atoms with van der Waals surface area (Å²) >= 11 is 3.38. The van der Waals surface area contributed by atoms with Crippen LogP contribution in [0.4, 0.5) is 10.1 Å². The first-order chi connectivity index (χ1) is 10.0. The van der Waals surface area contributed by atoms with Crippen molar-refractivity contribution in [3.63, 3.8) is 0 Å². The molecule has 6 heteroatoms. The second kappa shape index (κ2) is 7.08. The quantitative estimate of drug-likeness (QED) is 0.839. The highest BCUT2D eigenvalue weighted by Crippen LogP contribution is 2.20. The lowest BCUT2D eigenvalue weighted by atomic mass is 10.2. The molecule has 0 unspecified atom stereocenters. The van der Waals surface area contributed by atoms with E-state index in [9.17, 15) is 9.18 Å². The maximum atomic E-state index is 13.2. The summed E-state index contributed by atoms with van der Waals surface area (Å²) in [6.07, 6.45) is 0. The molecule has 110 valence electrons. The molecule has 0 aliphatic rings. The molecule has 4 nitrogen and oxygen atoms in total. The third-order valence-electron chi connectivity index (χ3n) is 2.73. The van der Waals surface area contributed by atoms with Crippen LogP contribution >= 0.6 is 15.9 Å². The Labute approximate surface area is 130 Å². The zero-order valence-corrected chi connectivity index (χ0v) is 12.7. The highest BCUT2D eigenvalue weighted by atomic mass is 79.9.